The standard InChI is InChI=1S/C22H29N5O2/c1-21(2)13-17(15-9-5-3-6-10-15)25-18-16(14-24-27(18)21)19(28)26-22(20(23)29)11-7-4-8-12-22/h3,5-6,9-10,14,17,25H,4,7-8,11-13H2,1-2H3,(H2,23,29)(H,26,28). The van der Waals surface area contributed by atoms with E-state index in [9.17, 15) is 9.59 Å². The lowest BCUT2D eigenvalue weighted by molar-refractivity contribution is -0.125. The fraction of sp³-hybridized carbons (Fsp3) is 0.500. The predicted molar refractivity (Wildman–Crippen MR) is 111 cm³/mol. The summed E-state index contributed by atoms with van der Waals surface area (Å²) in [5.41, 5.74) is 6.09. The monoisotopic (exact) mass is 395 g/mol. The molecular weight excluding hydrogens is 366 g/mol. The van der Waals surface area contributed by atoms with Gasteiger partial charge in [0.2, 0.25) is 5.91 Å². The molecule has 4 rings (SSSR count). The molecule has 1 aromatic heterocycles. The molecule has 2 aromatic rings. The maximum Gasteiger partial charge on any atom is 0.257 e. The van der Waals surface area contributed by atoms with Gasteiger partial charge in [-0.05, 0) is 38.7 Å². The number of hydrogen-bond donors (Lipinski definition) is 3. The third-order valence-electron chi connectivity index (χ3n) is 6.34. The Kier molecular flexibility index (Phi) is 4.84. The second-order valence-corrected chi connectivity index (χ2v) is 8.90. The highest BCUT2D eigenvalue weighted by Gasteiger charge is 2.41. The second kappa shape index (κ2) is 7.21. The number of carbonyl (C=O) groups excluding carboxylic acids is 2. The number of amides is 2. The lowest BCUT2D eigenvalue weighted by atomic mass is 9.81. The molecule has 1 atom stereocenters. The Morgan fingerprint density at radius 2 is 1.86 bits per heavy atom. The summed E-state index contributed by atoms with van der Waals surface area (Å²) in [7, 11) is 0. The Hall–Kier alpha value is -2.83. The van der Waals surface area contributed by atoms with Gasteiger partial charge in [0, 0.05) is 0 Å². The van der Waals surface area contributed by atoms with Crippen molar-refractivity contribution < 1.29 is 9.59 Å². The smallest absolute Gasteiger partial charge is 0.257 e. The summed E-state index contributed by atoms with van der Waals surface area (Å²) in [6.45, 7) is 4.24. The average molecular weight is 396 g/mol. The van der Waals surface area contributed by atoms with Gasteiger partial charge in [-0.15, -0.1) is 0 Å². The van der Waals surface area contributed by atoms with E-state index in [4.69, 9.17) is 5.73 Å². The molecule has 1 fully saturated rings. The van der Waals surface area contributed by atoms with Crippen LogP contribution in [0.25, 0.3) is 0 Å². The van der Waals surface area contributed by atoms with Crippen LogP contribution in [0, 0.1) is 0 Å². The Morgan fingerprint density at radius 3 is 2.52 bits per heavy atom. The molecule has 0 spiro atoms. The molecule has 2 amide bonds. The minimum absolute atomic E-state index is 0.0710. The third-order valence-corrected chi connectivity index (χ3v) is 6.34. The Labute approximate surface area is 171 Å². The van der Waals surface area contributed by atoms with Crippen LogP contribution in [-0.4, -0.2) is 27.1 Å². The number of benzene rings is 1. The van der Waals surface area contributed by atoms with E-state index in [2.05, 4.69) is 41.7 Å². The summed E-state index contributed by atoms with van der Waals surface area (Å²) in [6.07, 6.45) is 6.44. The second-order valence-electron chi connectivity index (χ2n) is 8.90. The van der Waals surface area contributed by atoms with Crippen LogP contribution in [0.5, 0.6) is 0 Å². The van der Waals surface area contributed by atoms with Gasteiger partial charge in [-0.2, -0.15) is 5.10 Å². The van der Waals surface area contributed by atoms with E-state index in [1.54, 1.807) is 6.20 Å². The van der Waals surface area contributed by atoms with Crippen molar-refractivity contribution in [2.45, 2.75) is 69.5 Å². The normalized spacial score (nSPS) is 22.2. The zero-order valence-corrected chi connectivity index (χ0v) is 17.1. The molecular formula is C22H29N5O2. The highest BCUT2D eigenvalue weighted by molar-refractivity contribution is 6.02. The van der Waals surface area contributed by atoms with Gasteiger partial charge in [0.25, 0.3) is 5.91 Å². The molecule has 1 unspecified atom stereocenters. The largest absolute Gasteiger partial charge is 0.368 e. The molecule has 1 aliphatic heterocycles. The van der Waals surface area contributed by atoms with Gasteiger partial charge in [-0.1, -0.05) is 49.6 Å². The summed E-state index contributed by atoms with van der Waals surface area (Å²) < 4.78 is 1.87. The molecule has 0 saturated heterocycles. The first-order valence-electron chi connectivity index (χ1n) is 10.3. The number of hydrogen-bond acceptors (Lipinski definition) is 4. The predicted octanol–water partition coefficient (Wildman–Crippen LogP) is 3.09. The van der Waals surface area contributed by atoms with E-state index in [-0.39, 0.29) is 17.5 Å². The summed E-state index contributed by atoms with van der Waals surface area (Å²) in [6, 6.07) is 10.3. The van der Waals surface area contributed by atoms with Gasteiger partial charge < -0.3 is 16.4 Å². The fourth-order valence-corrected chi connectivity index (χ4v) is 4.67. The molecule has 0 bridgehead atoms. The van der Waals surface area contributed by atoms with Crippen LogP contribution in [0.15, 0.2) is 36.5 Å². The number of nitrogens with one attached hydrogen (secondary N) is 2. The van der Waals surface area contributed by atoms with E-state index in [1.165, 1.54) is 5.56 Å². The van der Waals surface area contributed by atoms with Crippen molar-refractivity contribution in [1.82, 2.24) is 15.1 Å². The van der Waals surface area contributed by atoms with Gasteiger partial charge in [-0.25, -0.2) is 4.68 Å². The highest BCUT2D eigenvalue weighted by atomic mass is 16.2. The lowest BCUT2D eigenvalue weighted by Gasteiger charge is -2.39. The zero-order chi connectivity index (χ0) is 20.6. The van der Waals surface area contributed by atoms with E-state index in [1.807, 2.05) is 22.9 Å². The number of anilines is 1. The molecule has 2 heterocycles. The third kappa shape index (κ3) is 3.50. The molecule has 29 heavy (non-hydrogen) atoms. The number of rotatable bonds is 4. The first-order chi connectivity index (χ1) is 13.8. The molecule has 1 aliphatic carbocycles. The van der Waals surface area contributed by atoms with Gasteiger partial charge in [0.05, 0.1) is 17.8 Å². The number of nitrogens with two attached hydrogens (primary N) is 1. The van der Waals surface area contributed by atoms with Crippen molar-refractivity contribution in [3.05, 3.63) is 47.7 Å². The quantitative estimate of drug-likeness (QED) is 0.740. The molecule has 7 nitrogen and oxygen atoms in total. The Bertz CT molecular complexity index is 913. The molecule has 154 valence electrons. The minimum atomic E-state index is -0.965. The lowest BCUT2D eigenvalue weighted by Crippen LogP contribution is -2.58. The molecule has 2 aliphatic rings. The van der Waals surface area contributed by atoms with E-state index >= 15 is 0 Å². The molecule has 4 N–H and O–H groups in total. The van der Waals surface area contributed by atoms with Crippen LogP contribution < -0.4 is 16.4 Å². The van der Waals surface area contributed by atoms with Crippen molar-refractivity contribution in [2.75, 3.05) is 5.32 Å². The van der Waals surface area contributed by atoms with Crippen LogP contribution >= 0.6 is 0 Å². The van der Waals surface area contributed by atoms with E-state index in [0.29, 0.717) is 24.2 Å². The fourth-order valence-electron chi connectivity index (χ4n) is 4.67. The SMILES string of the molecule is CC1(C)CC(c2ccccc2)Nc2c(C(=O)NC3(C(N)=O)CCCCC3)cnn21. The topological polar surface area (TPSA) is 102 Å². The summed E-state index contributed by atoms with van der Waals surface area (Å²) in [5.74, 6) is -0.0750. The van der Waals surface area contributed by atoms with Gasteiger partial charge in [-0.3, -0.25) is 9.59 Å². The first-order valence-corrected chi connectivity index (χ1v) is 10.3. The summed E-state index contributed by atoms with van der Waals surface area (Å²) >= 11 is 0. The Balaban J connectivity index is 1.65. The van der Waals surface area contributed by atoms with E-state index < -0.39 is 11.4 Å². The first kappa shape index (κ1) is 19.5. The molecule has 1 saturated carbocycles. The maximum absolute atomic E-state index is 13.2. The average Bonchev–Trinajstić information content (AvgIpc) is 3.14. The molecule has 0 radical (unpaired) electrons. The van der Waals surface area contributed by atoms with E-state index in [0.717, 1.165) is 25.7 Å². The number of aromatic nitrogens is 2. The minimum Gasteiger partial charge on any atom is -0.368 e. The van der Waals surface area contributed by atoms with Gasteiger partial charge >= 0.3 is 0 Å². The summed E-state index contributed by atoms with van der Waals surface area (Å²) in [4.78, 5) is 25.4. The van der Waals surface area contributed by atoms with Gasteiger partial charge in [0.1, 0.15) is 16.9 Å². The summed E-state index contributed by atoms with van der Waals surface area (Å²) in [5, 5.41) is 11.0. The van der Waals surface area contributed by atoms with Crippen molar-refractivity contribution in [3.8, 4) is 0 Å². The molecule has 1 aromatic carbocycles. The van der Waals surface area contributed by atoms with Crippen LogP contribution in [0.1, 0.15) is 74.3 Å². The zero-order valence-electron chi connectivity index (χ0n) is 17.1. The number of nitrogens with zero attached hydrogens (tertiary/aromatic N) is 2. The molecule has 7 heteroatoms. The highest BCUT2D eigenvalue weighted by Crippen LogP contribution is 2.40. The number of fused-ring (bicyclic) bond motifs is 1. The van der Waals surface area contributed by atoms with Crippen LogP contribution in [-0.2, 0) is 10.3 Å². The van der Waals surface area contributed by atoms with Crippen molar-refractivity contribution >= 4 is 17.6 Å². The van der Waals surface area contributed by atoms with Crippen molar-refractivity contribution in [2.24, 2.45) is 5.73 Å². The number of carbonyl (C=O) groups is 2. The number of primary amides is 1. The van der Waals surface area contributed by atoms with Crippen molar-refractivity contribution in [1.29, 1.82) is 0 Å². The van der Waals surface area contributed by atoms with Crippen LogP contribution in [0.4, 0.5) is 5.82 Å². The van der Waals surface area contributed by atoms with Crippen LogP contribution in [0.2, 0.25) is 0 Å². The van der Waals surface area contributed by atoms with Crippen LogP contribution in [0.3, 0.4) is 0 Å². The van der Waals surface area contributed by atoms with Crippen molar-refractivity contribution in [3.63, 3.8) is 0 Å². The van der Waals surface area contributed by atoms with Gasteiger partial charge in [0.15, 0.2) is 0 Å². The Morgan fingerprint density at radius 1 is 1.17 bits per heavy atom. The maximum atomic E-state index is 13.2.